The Labute approximate surface area is 124 Å². The normalized spacial score (nSPS) is 10.0. The van der Waals surface area contributed by atoms with Gasteiger partial charge >= 0.3 is 0 Å². The molecule has 0 saturated heterocycles. The highest BCUT2D eigenvalue weighted by Gasteiger charge is 1.96. The number of rotatable bonds is 1. The Bertz CT molecular complexity index is 839. The molecule has 1 aromatic heterocycles. The average molecular weight is 273 g/mol. The summed E-state index contributed by atoms with van der Waals surface area (Å²) in [5, 5.41) is 1.11. The van der Waals surface area contributed by atoms with E-state index in [9.17, 15) is 0 Å². The largest absolute Gasteiger partial charge is 0.497 e. The molecule has 0 N–H and O–H groups in total. The van der Waals surface area contributed by atoms with E-state index in [1.165, 1.54) is 0 Å². The van der Waals surface area contributed by atoms with Gasteiger partial charge in [-0.05, 0) is 55.5 Å². The standard InChI is InChI=1S/C19H15NO/c1-14-3-9-17-13-16(8-12-19(17)20-14)5-4-15-6-10-18(21-2)11-7-15/h3,6-13H,1-2H3. The highest BCUT2D eigenvalue weighted by Crippen LogP contribution is 2.15. The minimum absolute atomic E-state index is 0.840. The molecular formula is C19H15NO. The fourth-order valence-electron chi connectivity index (χ4n) is 2.12. The van der Waals surface area contributed by atoms with E-state index in [4.69, 9.17) is 4.74 Å². The fraction of sp³-hybridized carbons (Fsp3) is 0.105. The molecule has 102 valence electrons. The Morgan fingerprint density at radius 1 is 0.857 bits per heavy atom. The molecule has 0 saturated carbocycles. The number of fused-ring (bicyclic) bond motifs is 1. The molecule has 2 heteroatoms. The second-order valence-corrected chi connectivity index (χ2v) is 4.84. The Morgan fingerprint density at radius 3 is 2.33 bits per heavy atom. The molecule has 0 fully saturated rings. The molecule has 0 aliphatic rings. The van der Waals surface area contributed by atoms with Crippen molar-refractivity contribution in [3.05, 3.63) is 71.4 Å². The van der Waals surface area contributed by atoms with Crippen LogP contribution in [0.3, 0.4) is 0 Å². The Hall–Kier alpha value is -2.79. The molecule has 0 atom stereocenters. The van der Waals surface area contributed by atoms with Gasteiger partial charge in [-0.15, -0.1) is 0 Å². The Morgan fingerprint density at radius 2 is 1.57 bits per heavy atom. The summed E-state index contributed by atoms with van der Waals surface area (Å²) >= 11 is 0. The third-order valence-electron chi connectivity index (χ3n) is 3.27. The first-order chi connectivity index (χ1) is 10.2. The van der Waals surface area contributed by atoms with Gasteiger partial charge in [0.05, 0.1) is 12.6 Å². The topological polar surface area (TPSA) is 22.1 Å². The van der Waals surface area contributed by atoms with Crippen LogP contribution in [-0.4, -0.2) is 12.1 Å². The van der Waals surface area contributed by atoms with Crippen LogP contribution in [0.4, 0.5) is 0 Å². The summed E-state index contributed by atoms with van der Waals surface area (Å²) in [6.45, 7) is 2.00. The first kappa shape index (κ1) is 13.2. The van der Waals surface area contributed by atoms with Crippen molar-refractivity contribution >= 4 is 10.9 Å². The van der Waals surface area contributed by atoms with Gasteiger partial charge in [0, 0.05) is 22.2 Å². The highest BCUT2D eigenvalue weighted by molar-refractivity contribution is 5.80. The molecule has 3 rings (SSSR count). The van der Waals surface area contributed by atoms with E-state index in [0.29, 0.717) is 0 Å². The predicted molar refractivity (Wildman–Crippen MR) is 85.5 cm³/mol. The highest BCUT2D eigenvalue weighted by atomic mass is 16.5. The van der Waals surface area contributed by atoms with Gasteiger partial charge < -0.3 is 4.74 Å². The van der Waals surface area contributed by atoms with Gasteiger partial charge in [-0.25, -0.2) is 0 Å². The van der Waals surface area contributed by atoms with Crippen molar-refractivity contribution < 1.29 is 4.74 Å². The van der Waals surface area contributed by atoms with Crippen molar-refractivity contribution in [1.29, 1.82) is 0 Å². The monoisotopic (exact) mass is 273 g/mol. The maximum Gasteiger partial charge on any atom is 0.118 e. The number of ether oxygens (including phenoxy) is 1. The zero-order valence-electron chi connectivity index (χ0n) is 12.1. The van der Waals surface area contributed by atoms with Crippen molar-refractivity contribution in [2.24, 2.45) is 0 Å². The molecule has 0 radical (unpaired) electrons. The third kappa shape index (κ3) is 3.04. The zero-order valence-corrected chi connectivity index (χ0v) is 12.1. The number of aromatic nitrogens is 1. The number of benzene rings is 2. The quantitative estimate of drug-likeness (QED) is 0.626. The van der Waals surface area contributed by atoms with E-state index in [0.717, 1.165) is 33.5 Å². The SMILES string of the molecule is COc1ccc(C#Cc2ccc3nc(C)ccc3c2)cc1. The summed E-state index contributed by atoms with van der Waals surface area (Å²) < 4.78 is 5.13. The number of pyridine rings is 1. The summed E-state index contributed by atoms with van der Waals surface area (Å²) in [7, 11) is 1.66. The van der Waals surface area contributed by atoms with Crippen molar-refractivity contribution in [3.63, 3.8) is 0 Å². The number of hydrogen-bond acceptors (Lipinski definition) is 2. The average Bonchev–Trinajstić information content (AvgIpc) is 2.53. The van der Waals surface area contributed by atoms with Gasteiger partial charge in [-0.1, -0.05) is 17.9 Å². The van der Waals surface area contributed by atoms with E-state index < -0.39 is 0 Å². The lowest BCUT2D eigenvalue weighted by atomic mass is 10.1. The van der Waals surface area contributed by atoms with Crippen LogP contribution in [0.2, 0.25) is 0 Å². The maximum absolute atomic E-state index is 5.13. The number of aryl methyl sites for hydroxylation is 1. The van der Waals surface area contributed by atoms with E-state index in [1.807, 2.05) is 49.4 Å². The molecule has 0 amide bonds. The van der Waals surface area contributed by atoms with Crippen molar-refractivity contribution in [3.8, 4) is 17.6 Å². The maximum atomic E-state index is 5.13. The van der Waals surface area contributed by atoms with E-state index in [1.54, 1.807) is 7.11 Å². The lowest BCUT2D eigenvalue weighted by Crippen LogP contribution is -1.84. The van der Waals surface area contributed by atoms with Crippen LogP contribution in [0.15, 0.2) is 54.6 Å². The second-order valence-electron chi connectivity index (χ2n) is 4.84. The van der Waals surface area contributed by atoms with Gasteiger partial charge in [0.1, 0.15) is 5.75 Å². The summed E-state index contributed by atoms with van der Waals surface area (Å²) in [5.41, 5.74) is 3.99. The van der Waals surface area contributed by atoms with Gasteiger partial charge in [0.25, 0.3) is 0 Å². The molecule has 21 heavy (non-hydrogen) atoms. The van der Waals surface area contributed by atoms with E-state index in [-0.39, 0.29) is 0 Å². The molecular weight excluding hydrogens is 258 g/mol. The summed E-state index contributed by atoms with van der Waals surface area (Å²) in [4.78, 5) is 4.49. The van der Waals surface area contributed by atoms with Crippen LogP contribution in [0, 0.1) is 18.8 Å². The second kappa shape index (κ2) is 5.68. The molecule has 2 nitrogen and oxygen atoms in total. The minimum atomic E-state index is 0.840. The van der Waals surface area contributed by atoms with Gasteiger partial charge in [-0.2, -0.15) is 0 Å². The summed E-state index contributed by atoms with van der Waals surface area (Å²) in [5.74, 6) is 7.19. The smallest absolute Gasteiger partial charge is 0.118 e. The summed E-state index contributed by atoms with van der Waals surface area (Å²) in [6, 6.07) is 17.9. The third-order valence-corrected chi connectivity index (χ3v) is 3.27. The summed E-state index contributed by atoms with van der Waals surface area (Å²) in [6.07, 6.45) is 0. The molecule has 2 aromatic carbocycles. The Kier molecular flexibility index (Phi) is 3.57. The van der Waals surface area contributed by atoms with Crippen molar-refractivity contribution in [2.45, 2.75) is 6.92 Å². The van der Waals surface area contributed by atoms with E-state index >= 15 is 0 Å². The molecule has 0 aliphatic heterocycles. The van der Waals surface area contributed by atoms with Crippen LogP contribution in [0.5, 0.6) is 5.75 Å². The number of hydrogen-bond donors (Lipinski definition) is 0. The lowest BCUT2D eigenvalue weighted by molar-refractivity contribution is 0.415. The fourth-order valence-corrected chi connectivity index (χ4v) is 2.12. The molecule has 0 unspecified atom stereocenters. The van der Waals surface area contributed by atoms with Crippen LogP contribution in [-0.2, 0) is 0 Å². The molecule has 3 aromatic rings. The molecule has 0 spiro atoms. The molecule has 1 heterocycles. The molecule has 0 aliphatic carbocycles. The minimum Gasteiger partial charge on any atom is -0.497 e. The van der Waals surface area contributed by atoms with Crippen LogP contribution in [0.1, 0.15) is 16.8 Å². The zero-order chi connectivity index (χ0) is 14.7. The van der Waals surface area contributed by atoms with Gasteiger partial charge in [0.2, 0.25) is 0 Å². The number of nitrogens with zero attached hydrogens (tertiary/aromatic N) is 1. The first-order valence-electron chi connectivity index (χ1n) is 6.78. The Balaban J connectivity index is 1.90. The van der Waals surface area contributed by atoms with Crippen LogP contribution in [0.25, 0.3) is 10.9 Å². The first-order valence-corrected chi connectivity index (χ1v) is 6.78. The predicted octanol–water partition coefficient (Wildman–Crippen LogP) is 3.95. The van der Waals surface area contributed by atoms with Crippen molar-refractivity contribution in [2.75, 3.05) is 7.11 Å². The lowest BCUT2D eigenvalue weighted by Gasteiger charge is -1.99. The van der Waals surface area contributed by atoms with Crippen LogP contribution >= 0.6 is 0 Å². The van der Waals surface area contributed by atoms with Gasteiger partial charge in [0.15, 0.2) is 0 Å². The van der Waals surface area contributed by atoms with Gasteiger partial charge in [-0.3, -0.25) is 4.98 Å². The number of methoxy groups -OCH3 is 1. The van der Waals surface area contributed by atoms with E-state index in [2.05, 4.69) is 29.0 Å². The molecule has 0 bridgehead atoms. The van der Waals surface area contributed by atoms with Crippen LogP contribution < -0.4 is 4.74 Å². The van der Waals surface area contributed by atoms with Crippen molar-refractivity contribution in [1.82, 2.24) is 4.98 Å².